The summed E-state index contributed by atoms with van der Waals surface area (Å²) in [6, 6.07) is 21.8. The summed E-state index contributed by atoms with van der Waals surface area (Å²) in [5.41, 5.74) is 2.65. The van der Waals surface area contributed by atoms with Crippen LogP contribution >= 0.6 is 23.2 Å². The summed E-state index contributed by atoms with van der Waals surface area (Å²) in [4.78, 5) is 24.9. The van der Waals surface area contributed by atoms with Gasteiger partial charge in [0.2, 0.25) is 5.91 Å². The molecule has 4 nitrogen and oxygen atoms in total. The van der Waals surface area contributed by atoms with E-state index in [1.807, 2.05) is 30.3 Å². The summed E-state index contributed by atoms with van der Waals surface area (Å²) in [7, 11) is 0. The number of rotatable bonds is 7. The number of carbonyl (C=O) groups is 2. The normalized spacial score (nSPS) is 10.7. The van der Waals surface area contributed by atoms with Gasteiger partial charge in [0, 0.05) is 22.7 Å². The number of nitrogens with one attached hydrogen (secondary N) is 2. The molecule has 152 valence electrons. The Balaban J connectivity index is 1.62. The van der Waals surface area contributed by atoms with Crippen molar-refractivity contribution < 1.29 is 9.59 Å². The van der Waals surface area contributed by atoms with Crippen LogP contribution in [0.2, 0.25) is 10.0 Å². The van der Waals surface area contributed by atoms with Crippen LogP contribution in [0.4, 0.5) is 5.69 Å². The van der Waals surface area contributed by atoms with Gasteiger partial charge < -0.3 is 10.6 Å². The molecule has 0 saturated heterocycles. The Morgan fingerprint density at radius 1 is 0.900 bits per heavy atom. The molecule has 0 spiro atoms. The molecule has 3 aromatic carbocycles. The number of benzene rings is 3. The van der Waals surface area contributed by atoms with Crippen molar-refractivity contribution in [3.8, 4) is 0 Å². The SMILES string of the molecule is O=C(/C=C/c1ccc(Cl)cc1Cl)Nc1ccccc1C(=O)NCCc1ccccc1. The highest BCUT2D eigenvalue weighted by molar-refractivity contribution is 6.35. The van der Waals surface area contributed by atoms with Crippen molar-refractivity contribution in [2.75, 3.05) is 11.9 Å². The topological polar surface area (TPSA) is 58.2 Å². The molecule has 3 aromatic rings. The molecule has 2 amide bonds. The second kappa shape index (κ2) is 10.6. The van der Waals surface area contributed by atoms with Crippen molar-refractivity contribution in [2.24, 2.45) is 0 Å². The fourth-order valence-corrected chi connectivity index (χ4v) is 3.30. The van der Waals surface area contributed by atoms with Gasteiger partial charge in [-0.05, 0) is 47.9 Å². The Morgan fingerprint density at radius 2 is 1.63 bits per heavy atom. The van der Waals surface area contributed by atoms with Crippen LogP contribution in [-0.2, 0) is 11.2 Å². The van der Waals surface area contributed by atoms with Crippen LogP contribution in [0.25, 0.3) is 6.08 Å². The highest BCUT2D eigenvalue weighted by Gasteiger charge is 2.12. The summed E-state index contributed by atoms with van der Waals surface area (Å²) in [6.07, 6.45) is 3.68. The fraction of sp³-hybridized carbons (Fsp3) is 0.0833. The van der Waals surface area contributed by atoms with E-state index in [0.29, 0.717) is 33.4 Å². The van der Waals surface area contributed by atoms with E-state index in [1.165, 1.54) is 6.08 Å². The minimum atomic E-state index is -0.370. The minimum Gasteiger partial charge on any atom is -0.352 e. The smallest absolute Gasteiger partial charge is 0.253 e. The summed E-state index contributed by atoms with van der Waals surface area (Å²) >= 11 is 12.0. The zero-order valence-electron chi connectivity index (χ0n) is 16.1. The molecule has 3 rings (SSSR count). The van der Waals surface area contributed by atoms with Gasteiger partial charge in [-0.3, -0.25) is 9.59 Å². The van der Waals surface area contributed by atoms with Crippen LogP contribution in [0.5, 0.6) is 0 Å². The average molecular weight is 439 g/mol. The minimum absolute atomic E-state index is 0.244. The molecule has 0 heterocycles. The third-order valence-electron chi connectivity index (χ3n) is 4.35. The molecule has 0 aliphatic carbocycles. The number of anilines is 1. The number of para-hydroxylation sites is 1. The molecular weight excluding hydrogens is 419 g/mol. The first-order valence-corrected chi connectivity index (χ1v) is 10.1. The van der Waals surface area contributed by atoms with Crippen molar-refractivity contribution in [1.29, 1.82) is 0 Å². The van der Waals surface area contributed by atoms with Crippen LogP contribution in [0.3, 0.4) is 0 Å². The van der Waals surface area contributed by atoms with Gasteiger partial charge in [-0.15, -0.1) is 0 Å². The van der Waals surface area contributed by atoms with E-state index in [4.69, 9.17) is 23.2 Å². The van der Waals surface area contributed by atoms with Gasteiger partial charge in [0.25, 0.3) is 5.91 Å². The van der Waals surface area contributed by atoms with Crippen molar-refractivity contribution in [3.05, 3.63) is 106 Å². The van der Waals surface area contributed by atoms with Crippen LogP contribution in [0.1, 0.15) is 21.5 Å². The maximum Gasteiger partial charge on any atom is 0.253 e. The number of hydrogen-bond acceptors (Lipinski definition) is 2. The maximum atomic E-state index is 12.6. The number of carbonyl (C=O) groups excluding carboxylic acids is 2. The van der Waals surface area contributed by atoms with Crippen molar-refractivity contribution in [2.45, 2.75) is 6.42 Å². The predicted molar refractivity (Wildman–Crippen MR) is 123 cm³/mol. The Labute approximate surface area is 185 Å². The largest absolute Gasteiger partial charge is 0.352 e. The van der Waals surface area contributed by atoms with E-state index < -0.39 is 0 Å². The standard InChI is InChI=1S/C24H20Cl2N2O2/c25-19-12-10-18(21(26)16-19)11-13-23(29)28-22-9-5-4-8-20(22)24(30)27-15-14-17-6-2-1-3-7-17/h1-13,16H,14-15H2,(H,27,30)(H,28,29)/b13-11+. The highest BCUT2D eigenvalue weighted by Crippen LogP contribution is 2.22. The van der Waals surface area contributed by atoms with E-state index in [0.717, 1.165) is 12.0 Å². The quantitative estimate of drug-likeness (QED) is 0.470. The predicted octanol–water partition coefficient (Wildman–Crippen LogP) is 5.62. The summed E-state index contributed by atoms with van der Waals surface area (Å²) in [5, 5.41) is 6.61. The van der Waals surface area contributed by atoms with Gasteiger partial charge in [-0.25, -0.2) is 0 Å². The number of halogens is 2. The molecule has 0 radical (unpaired) electrons. The van der Waals surface area contributed by atoms with Gasteiger partial charge in [0.15, 0.2) is 0 Å². The van der Waals surface area contributed by atoms with Crippen LogP contribution in [0, 0.1) is 0 Å². The van der Waals surface area contributed by atoms with E-state index >= 15 is 0 Å². The molecule has 0 aliphatic rings. The number of amides is 2. The Hall–Kier alpha value is -3.08. The lowest BCUT2D eigenvalue weighted by molar-refractivity contribution is -0.111. The molecule has 30 heavy (non-hydrogen) atoms. The van der Waals surface area contributed by atoms with Crippen molar-refractivity contribution >= 4 is 46.8 Å². The molecule has 6 heteroatoms. The molecule has 0 aromatic heterocycles. The third kappa shape index (κ3) is 6.21. The van der Waals surface area contributed by atoms with E-state index in [1.54, 1.807) is 48.5 Å². The molecule has 0 atom stereocenters. The van der Waals surface area contributed by atoms with Gasteiger partial charge in [-0.2, -0.15) is 0 Å². The molecule has 2 N–H and O–H groups in total. The molecule has 0 aliphatic heterocycles. The van der Waals surface area contributed by atoms with Crippen LogP contribution in [0.15, 0.2) is 78.9 Å². The zero-order chi connectivity index (χ0) is 21.3. The molecule has 0 fully saturated rings. The zero-order valence-corrected chi connectivity index (χ0v) is 17.6. The van der Waals surface area contributed by atoms with Crippen LogP contribution in [-0.4, -0.2) is 18.4 Å². The highest BCUT2D eigenvalue weighted by atomic mass is 35.5. The van der Waals surface area contributed by atoms with Gasteiger partial charge in [0.05, 0.1) is 11.3 Å². The Bertz CT molecular complexity index is 1070. The summed E-state index contributed by atoms with van der Waals surface area (Å²) < 4.78 is 0. The van der Waals surface area contributed by atoms with E-state index in [2.05, 4.69) is 10.6 Å². The molecule has 0 bridgehead atoms. The van der Waals surface area contributed by atoms with E-state index in [9.17, 15) is 9.59 Å². The van der Waals surface area contributed by atoms with Gasteiger partial charge in [-0.1, -0.05) is 71.7 Å². The first kappa shape index (κ1) is 21.6. The van der Waals surface area contributed by atoms with Crippen molar-refractivity contribution in [1.82, 2.24) is 5.32 Å². The van der Waals surface area contributed by atoms with Crippen LogP contribution < -0.4 is 10.6 Å². The van der Waals surface area contributed by atoms with Gasteiger partial charge in [0.1, 0.15) is 0 Å². The monoisotopic (exact) mass is 438 g/mol. The van der Waals surface area contributed by atoms with Crippen molar-refractivity contribution in [3.63, 3.8) is 0 Å². The lowest BCUT2D eigenvalue weighted by atomic mass is 10.1. The summed E-state index contributed by atoms with van der Waals surface area (Å²) in [5.74, 6) is -0.614. The fourth-order valence-electron chi connectivity index (χ4n) is 2.83. The summed E-state index contributed by atoms with van der Waals surface area (Å²) in [6.45, 7) is 0.500. The Kier molecular flexibility index (Phi) is 7.66. The second-order valence-corrected chi connectivity index (χ2v) is 7.37. The third-order valence-corrected chi connectivity index (χ3v) is 4.91. The first-order valence-electron chi connectivity index (χ1n) is 9.38. The van der Waals surface area contributed by atoms with E-state index in [-0.39, 0.29) is 11.8 Å². The number of hydrogen-bond donors (Lipinski definition) is 2. The molecule has 0 unspecified atom stereocenters. The lowest BCUT2D eigenvalue weighted by Gasteiger charge is -2.10. The average Bonchev–Trinajstić information content (AvgIpc) is 2.74. The Morgan fingerprint density at radius 3 is 2.40 bits per heavy atom. The first-order chi connectivity index (χ1) is 14.5. The van der Waals surface area contributed by atoms with Gasteiger partial charge >= 0.3 is 0 Å². The molecular formula is C24H20Cl2N2O2. The second-order valence-electron chi connectivity index (χ2n) is 6.53. The lowest BCUT2D eigenvalue weighted by Crippen LogP contribution is -2.27. The maximum absolute atomic E-state index is 12.6. The molecule has 0 saturated carbocycles.